The van der Waals surface area contributed by atoms with E-state index in [9.17, 15) is 26.0 Å². The van der Waals surface area contributed by atoms with Gasteiger partial charge in [-0.3, -0.25) is 0 Å². The Morgan fingerprint density at radius 1 is 1.24 bits per heavy atom. The first-order valence-electron chi connectivity index (χ1n) is 6.28. The van der Waals surface area contributed by atoms with Gasteiger partial charge in [0, 0.05) is 12.6 Å². The number of nitrogens with one attached hydrogen (secondary N) is 2. The quantitative estimate of drug-likeness (QED) is 0.751. The van der Waals surface area contributed by atoms with Crippen LogP contribution < -0.4 is 10.0 Å². The van der Waals surface area contributed by atoms with Crippen LogP contribution in [0.2, 0.25) is 0 Å². The van der Waals surface area contributed by atoms with E-state index < -0.39 is 39.5 Å². The number of hydrogen-bond donors (Lipinski definition) is 2. The molecule has 1 aliphatic carbocycles. The first-order chi connectivity index (χ1) is 9.79. The molecule has 4 nitrogen and oxygen atoms in total. The number of benzene rings is 1. The Morgan fingerprint density at radius 3 is 2.48 bits per heavy atom. The molecule has 0 bridgehead atoms. The summed E-state index contributed by atoms with van der Waals surface area (Å²) in [5.41, 5.74) is 0.234. The van der Waals surface area contributed by atoms with E-state index in [1.807, 2.05) is 0 Å². The Bertz CT molecular complexity index is 618. The fourth-order valence-electron chi connectivity index (χ4n) is 1.71. The highest BCUT2D eigenvalue weighted by Crippen LogP contribution is 2.22. The minimum absolute atomic E-state index is 0.180. The van der Waals surface area contributed by atoms with Crippen LogP contribution >= 0.6 is 0 Å². The Morgan fingerprint density at radius 2 is 1.90 bits per heavy atom. The minimum Gasteiger partial charge on any atom is -0.310 e. The Kier molecular flexibility index (Phi) is 4.84. The average Bonchev–Trinajstić information content (AvgIpc) is 3.21. The number of sulfonamides is 1. The van der Waals surface area contributed by atoms with Crippen LogP contribution in [0.3, 0.4) is 0 Å². The molecular weight excluding hydrogens is 312 g/mol. The van der Waals surface area contributed by atoms with E-state index in [4.69, 9.17) is 0 Å². The van der Waals surface area contributed by atoms with Crippen LogP contribution in [0.1, 0.15) is 18.4 Å². The second-order valence-corrected chi connectivity index (χ2v) is 6.52. The van der Waals surface area contributed by atoms with E-state index in [2.05, 4.69) is 5.32 Å². The SMILES string of the molecule is O=S(=O)(NCC(F)F)c1cc(CNC2CC2)cc(F)c1F. The van der Waals surface area contributed by atoms with Gasteiger partial charge < -0.3 is 5.32 Å². The van der Waals surface area contributed by atoms with E-state index in [0.29, 0.717) is 6.04 Å². The molecule has 1 aliphatic rings. The van der Waals surface area contributed by atoms with Crippen LogP contribution in [0, 0.1) is 11.6 Å². The maximum Gasteiger partial charge on any atom is 0.251 e. The summed E-state index contributed by atoms with van der Waals surface area (Å²) >= 11 is 0. The van der Waals surface area contributed by atoms with E-state index in [-0.39, 0.29) is 12.1 Å². The van der Waals surface area contributed by atoms with Crippen molar-refractivity contribution in [3.63, 3.8) is 0 Å². The molecule has 0 saturated heterocycles. The number of alkyl halides is 2. The summed E-state index contributed by atoms with van der Waals surface area (Å²) in [4.78, 5) is -0.962. The molecule has 0 atom stereocenters. The topological polar surface area (TPSA) is 58.2 Å². The highest BCUT2D eigenvalue weighted by Gasteiger charge is 2.25. The molecule has 1 aromatic rings. The Balaban J connectivity index is 2.23. The molecule has 1 aromatic carbocycles. The van der Waals surface area contributed by atoms with Gasteiger partial charge in [0.05, 0.1) is 6.54 Å². The molecular formula is C12H14F4N2O2S. The molecule has 0 radical (unpaired) electrons. The van der Waals surface area contributed by atoms with Crippen LogP contribution in [-0.4, -0.2) is 27.4 Å². The molecule has 1 saturated carbocycles. The molecule has 2 N–H and O–H groups in total. The van der Waals surface area contributed by atoms with Crippen molar-refractivity contribution in [3.8, 4) is 0 Å². The van der Waals surface area contributed by atoms with Crippen LogP contribution in [0.5, 0.6) is 0 Å². The third-order valence-corrected chi connectivity index (χ3v) is 4.37. The monoisotopic (exact) mass is 326 g/mol. The van der Waals surface area contributed by atoms with Crippen molar-refractivity contribution < 1.29 is 26.0 Å². The first-order valence-corrected chi connectivity index (χ1v) is 7.77. The van der Waals surface area contributed by atoms with E-state index in [0.717, 1.165) is 25.0 Å². The molecule has 0 unspecified atom stereocenters. The zero-order valence-corrected chi connectivity index (χ0v) is 11.7. The van der Waals surface area contributed by atoms with Gasteiger partial charge >= 0.3 is 0 Å². The maximum atomic E-state index is 13.6. The standard InChI is InChI=1S/C12H14F4N2O2S/c13-9-3-7(5-17-8-1-2-8)4-10(12(9)16)21(19,20)18-6-11(14)15/h3-4,8,11,17-18H,1-2,5-6H2. The summed E-state index contributed by atoms with van der Waals surface area (Å²) in [6, 6.07) is 2.13. The summed E-state index contributed by atoms with van der Waals surface area (Å²) in [5.74, 6) is -2.91. The van der Waals surface area contributed by atoms with Crippen molar-refractivity contribution >= 4 is 10.0 Å². The van der Waals surface area contributed by atoms with Gasteiger partial charge in [0.25, 0.3) is 6.43 Å². The number of hydrogen-bond acceptors (Lipinski definition) is 3. The summed E-state index contributed by atoms with van der Waals surface area (Å²) in [7, 11) is -4.53. The van der Waals surface area contributed by atoms with Crippen molar-refractivity contribution in [2.45, 2.75) is 36.7 Å². The van der Waals surface area contributed by atoms with E-state index >= 15 is 0 Å². The highest BCUT2D eigenvalue weighted by atomic mass is 32.2. The lowest BCUT2D eigenvalue weighted by atomic mass is 10.2. The summed E-state index contributed by atoms with van der Waals surface area (Å²) < 4.78 is 76.2. The Labute approximate surface area is 119 Å². The van der Waals surface area contributed by atoms with Gasteiger partial charge in [-0.25, -0.2) is 30.7 Å². The molecule has 118 valence electrons. The smallest absolute Gasteiger partial charge is 0.251 e. The van der Waals surface area contributed by atoms with Crippen molar-refractivity contribution in [1.82, 2.24) is 10.0 Å². The first kappa shape index (κ1) is 16.2. The lowest BCUT2D eigenvalue weighted by molar-refractivity contribution is 0.153. The molecule has 0 spiro atoms. The second-order valence-electron chi connectivity index (χ2n) is 4.79. The van der Waals surface area contributed by atoms with Crippen molar-refractivity contribution in [2.24, 2.45) is 0 Å². The molecule has 0 aromatic heterocycles. The molecule has 2 rings (SSSR count). The Hall–Kier alpha value is -1.19. The van der Waals surface area contributed by atoms with Crippen LogP contribution in [0.15, 0.2) is 17.0 Å². The van der Waals surface area contributed by atoms with Gasteiger partial charge in [0.1, 0.15) is 4.90 Å². The molecule has 0 heterocycles. The number of rotatable bonds is 7. The number of halogens is 4. The van der Waals surface area contributed by atoms with E-state index in [1.54, 1.807) is 4.72 Å². The average molecular weight is 326 g/mol. The van der Waals surface area contributed by atoms with Gasteiger partial charge in [-0.1, -0.05) is 0 Å². The fourth-order valence-corrected chi connectivity index (χ4v) is 2.86. The summed E-state index contributed by atoms with van der Waals surface area (Å²) in [6.45, 7) is -0.979. The third-order valence-electron chi connectivity index (χ3n) is 2.94. The van der Waals surface area contributed by atoms with E-state index in [1.165, 1.54) is 0 Å². The minimum atomic E-state index is -4.53. The molecule has 9 heteroatoms. The molecule has 0 aliphatic heterocycles. The zero-order valence-electron chi connectivity index (χ0n) is 10.9. The normalized spacial score (nSPS) is 15.7. The van der Waals surface area contributed by atoms with Crippen LogP contribution in [-0.2, 0) is 16.6 Å². The van der Waals surface area contributed by atoms with Gasteiger partial charge in [-0.2, -0.15) is 0 Å². The summed E-state index contributed by atoms with van der Waals surface area (Å²) in [6.07, 6.45) is -0.970. The van der Waals surface area contributed by atoms with Gasteiger partial charge in [0.15, 0.2) is 11.6 Å². The predicted molar refractivity (Wildman–Crippen MR) is 67.4 cm³/mol. The molecule has 0 amide bonds. The maximum absolute atomic E-state index is 13.6. The lowest BCUT2D eigenvalue weighted by Crippen LogP contribution is -2.29. The molecule has 1 fully saturated rings. The zero-order chi connectivity index (χ0) is 15.6. The van der Waals surface area contributed by atoms with Gasteiger partial charge in [-0.15, -0.1) is 0 Å². The fraction of sp³-hybridized carbons (Fsp3) is 0.500. The van der Waals surface area contributed by atoms with Crippen molar-refractivity contribution in [3.05, 3.63) is 29.3 Å². The van der Waals surface area contributed by atoms with Crippen LogP contribution in [0.25, 0.3) is 0 Å². The van der Waals surface area contributed by atoms with Crippen molar-refractivity contribution in [2.75, 3.05) is 6.54 Å². The van der Waals surface area contributed by atoms with Crippen molar-refractivity contribution in [1.29, 1.82) is 0 Å². The largest absolute Gasteiger partial charge is 0.310 e. The lowest BCUT2D eigenvalue weighted by Gasteiger charge is -2.10. The third kappa shape index (κ3) is 4.39. The summed E-state index contributed by atoms with van der Waals surface area (Å²) in [5, 5.41) is 3.02. The molecule has 21 heavy (non-hydrogen) atoms. The highest BCUT2D eigenvalue weighted by molar-refractivity contribution is 7.89. The second kappa shape index (κ2) is 6.29. The van der Waals surface area contributed by atoms with Gasteiger partial charge in [-0.05, 0) is 30.5 Å². The van der Waals surface area contributed by atoms with Crippen LogP contribution in [0.4, 0.5) is 17.6 Å². The predicted octanol–water partition coefficient (Wildman–Crippen LogP) is 1.76. The van der Waals surface area contributed by atoms with Gasteiger partial charge in [0.2, 0.25) is 10.0 Å².